The van der Waals surface area contributed by atoms with Crippen LogP contribution in [0.3, 0.4) is 0 Å². The van der Waals surface area contributed by atoms with Crippen molar-refractivity contribution in [2.24, 2.45) is 0 Å². The summed E-state index contributed by atoms with van der Waals surface area (Å²) in [5.41, 5.74) is 4.37. The van der Waals surface area contributed by atoms with Crippen molar-refractivity contribution in [2.75, 3.05) is 6.54 Å². The van der Waals surface area contributed by atoms with Gasteiger partial charge in [-0.05, 0) is 38.2 Å². The molecule has 30 heavy (non-hydrogen) atoms. The first-order valence-corrected chi connectivity index (χ1v) is 10.4. The first-order chi connectivity index (χ1) is 14.6. The minimum atomic E-state index is -0.126. The van der Waals surface area contributed by atoms with Crippen LogP contribution in [0.4, 0.5) is 0 Å². The molecule has 4 rings (SSSR count). The lowest BCUT2D eigenvalue weighted by Gasteiger charge is -2.11. The summed E-state index contributed by atoms with van der Waals surface area (Å²) >= 11 is 5.22. The number of benzene rings is 2. The molecule has 0 saturated carbocycles. The standard InChI is InChI=1S/C23H23N5OS/c1-3-28-21(26-27-23(28)30)12-13-24-22(29)18-14-20(16-10-8-15(2)9-11-16)25-19-7-5-4-6-17(18)19/h4-11,14H,3,12-13H2,1-2H3,(H,24,29)(H,27,30). The minimum absolute atomic E-state index is 0.126. The maximum absolute atomic E-state index is 13.1. The summed E-state index contributed by atoms with van der Waals surface area (Å²) < 4.78 is 2.53. The van der Waals surface area contributed by atoms with Crippen LogP contribution in [0.15, 0.2) is 54.6 Å². The molecular formula is C23H23N5OS. The molecule has 7 heteroatoms. The van der Waals surface area contributed by atoms with Crippen LogP contribution in [0.2, 0.25) is 0 Å². The number of rotatable bonds is 6. The fourth-order valence-electron chi connectivity index (χ4n) is 3.49. The van der Waals surface area contributed by atoms with Gasteiger partial charge in [0.25, 0.3) is 5.91 Å². The van der Waals surface area contributed by atoms with E-state index in [0.29, 0.717) is 23.3 Å². The maximum atomic E-state index is 13.1. The first-order valence-electron chi connectivity index (χ1n) is 9.96. The SMILES string of the molecule is CCn1c(CCNC(=O)c2cc(-c3ccc(C)cc3)nc3ccccc23)n[nH]c1=S. The Hall–Kier alpha value is -3.32. The molecular weight excluding hydrogens is 394 g/mol. The van der Waals surface area contributed by atoms with Gasteiger partial charge in [0, 0.05) is 30.5 Å². The maximum Gasteiger partial charge on any atom is 0.252 e. The Kier molecular flexibility index (Phi) is 5.72. The number of carbonyl (C=O) groups is 1. The number of nitrogens with one attached hydrogen (secondary N) is 2. The number of fused-ring (bicyclic) bond motifs is 1. The third kappa shape index (κ3) is 4.02. The number of hydrogen-bond donors (Lipinski definition) is 2. The van der Waals surface area contributed by atoms with E-state index >= 15 is 0 Å². The summed E-state index contributed by atoms with van der Waals surface area (Å²) in [6.45, 7) is 5.28. The van der Waals surface area contributed by atoms with Gasteiger partial charge in [0.2, 0.25) is 0 Å². The van der Waals surface area contributed by atoms with Crippen molar-refractivity contribution in [1.29, 1.82) is 0 Å². The molecule has 0 spiro atoms. The lowest BCUT2D eigenvalue weighted by Crippen LogP contribution is -2.27. The van der Waals surface area contributed by atoms with E-state index in [-0.39, 0.29) is 5.91 Å². The number of carbonyl (C=O) groups excluding carboxylic acids is 1. The molecule has 0 aliphatic carbocycles. The van der Waals surface area contributed by atoms with Crippen LogP contribution < -0.4 is 5.32 Å². The Morgan fingerprint density at radius 2 is 1.93 bits per heavy atom. The highest BCUT2D eigenvalue weighted by atomic mass is 32.1. The molecule has 2 aromatic carbocycles. The molecule has 0 aliphatic heterocycles. The second kappa shape index (κ2) is 8.59. The van der Waals surface area contributed by atoms with E-state index < -0.39 is 0 Å². The van der Waals surface area contributed by atoms with E-state index in [1.807, 2.05) is 73.0 Å². The normalized spacial score (nSPS) is 11.0. The summed E-state index contributed by atoms with van der Waals surface area (Å²) in [4.78, 5) is 17.8. The Labute approximate surface area is 180 Å². The van der Waals surface area contributed by atoms with Gasteiger partial charge in [-0.3, -0.25) is 9.89 Å². The summed E-state index contributed by atoms with van der Waals surface area (Å²) in [5, 5.41) is 10.9. The van der Waals surface area contributed by atoms with Crippen LogP contribution in [0.1, 0.15) is 28.7 Å². The molecule has 152 valence electrons. The van der Waals surface area contributed by atoms with Gasteiger partial charge in [0.1, 0.15) is 5.82 Å². The summed E-state index contributed by atoms with van der Waals surface area (Å²) in [7, 11) is 0. The lowest BCUT2D eigenvalue weighted by atomic mass is 10.0. The smallest absolute Gasteiger partial charge is 0.252 e. The molecule has 1 amide bonds. The molecule has 0 aliphatic rings. The highest BCUT2D eigenvalue weighted by Gasteiger charge is 2.14. The quantitative estimate of drug-likeness (QED) is 0.454. The minimum Gasteiger partial charge on any atom is -0.352 e. The van der Waals surface area contributed by atoms with E-state index in [0.717, 1.165) is 34.5 Å². The average molecular weight is 418 g/mol. The summed E-state index contributed by atoms with van der Waals surface area (Å²) in [6.07, 6.45) is 0.598. The number of aromatic amines is 1. The number of aromatic nitrogens is 4. The van der Waals surface area contributed by atoms with Gasteiger partial charge in [-0.2, -0.15) is 5.10 Å². The van der Waals surface area contributed by atoms with Crippen molar-refractivity contribution < 1.29 is 4.79 Å². The molecule has 2 N–H and O–H groups in total. The fourth-order valence-corrected chi connectivity index (χ4v) is 3.77. The van der Waals surface area contributed by atoms with Gasteiger partial charge in [-0.25, -0.2) is 4.98 Å². The van der Waals surface area contributed by atoms with Crippen molar-refractivity contribution >= 4 is 29.0 Å². The molecule has 0 saturated heterocycles. The Bertz CT molecular complexity index is 1260. The number of nitrogens with zero attached hydrogens (tertiary/aromatic N) is 3. The van der Waals surface area contributed by atoms with Gasteiger partial charge in [-0.15, -0.1) is 0 Å². The predicted octanol–water partition coefficient (Wildman–Crippen LogP) is 4.46. The van der Waals surface area contributed by atoms with Crippen LogP contribution in [0.5, 0.6) is 0 Å². The average Bonchev–Trinajstić information content (AvgIpc) is 3.12. The van der Waals surface area contributed by atoms with Crippen LogP contribution in [0, 0.1) is 11.7 Å². The van der Waals surface area contributed by atoms with E-state index in [9.17, 15) is 4.79 Å². The number of pyridine rings is 1. The van der Waals surface area contributed by atoms with E-state index in [4.69, 9.17) is 17.2 Å². The molecule has 0 unspecified atom stereocenters. The second-order valence-electron chi connectivity index (χ2n) is 7.13. The van der Waals surface area contributed by atoms with Gasteiger partial charge in [-0.1, -0.05) is 48.0 Å². The summed E-state index contributed by atoms with van der Waals surface area (Å²) in [6, 6.07) is 17.7. The molecule has 2 aromatic heterocycles. The lowest BCUT2D eigenvalue weighted by molar-refractivity contribution is 0.0955. The predicted molar refractivity (Wildman–Crippen MR) is 121 cm³/mol. The van der Waals surface area contributed by atoms with Gasteiger partial charge >= 0.3 is 0 Å². The zero-order valence-electron chi connectivity index (χ0n) is 17.0. The molecule has 0 atom stereocenters. The number of H-pyrrole nitrogens is 1. The fraction of sp³-hybridized carbons (Fsp3) is 0.217. The number of hydrogen-bond acceptors (Lipinski definition) is 4. The monoisotopic (exact) mass is 417 g/mol. The highest BCUT2D eigenvalue weighted by molar-refractivity contribution is 7.71. The third-order valence-corrected chi connectivity index (χ3v) is 5.41. The van der Waals surface area contributed by atoms with Gasteiger partial charge in [0.05, 0.1) is 16.8 Å². The number of amides is 1. The zero-order chi connectivity index (χ0) is 21.1. The van der Waals surface area contributed by atoms with E-state index in [1.165, 1.54) is 5.56 Å². The van der Waals surface area contributed by atoms with Crippen LogP contribution in [-0.4, -0.2) is 32.2 Å². The van der Waals surface area contributed by atoms with Crippen molar-refractivity contribution in [3.63, 3.8) is 0 Å². The second-order valence-corrected chi connectivity index (χ2v) is 7.52. The van der Waals surface area contributed by atoms with Gasteiger partial charge < -0.3 is 9.88 Å². The number of para-hydroxylation sites is 1. The topological polar surface area (TPSA) is 75.6 Å². The van der Waals surface area contributed by atoms with Gasteiger partial charge in [0.15, 0.2) is 4.77 Å². The molecule has 6 nitrogen and oxygen atoms in total. The molecule has 0 fully saturated rings. The zero-order valence-corrected chi connectivity index (χ0v) is 17.8. The van der Waals surface area contributed by atoms with Crippen LogP contribution in [0.25, 0.3) is 22.2 Å². The van der Waals surface area contributed by atoms with E-state index in [2.05, 4.69) is 15.5 Å². The third-order valence-electron chi connectivity index (χ3n) is 5.10. The molecule has 2 heterocycles. The largest absolute Gasteiger partial charge is 0.352 e. The molecule has 0 radical (unpaired) electrons. The highest BCUT2D eigenvalue weighted by Crippen LogP contribution is 2.25. The Balaban J connectivity index is 1.61. The Morgan fingerprint density at radius 1 is 1.17 bits per heavy atom. The summed E-state index contributed by atoms with van der Waals surface area (Å²) in [5.74, 6) is 0.710. The Morgan fingerprint density at radius 3 is 2.70 bits per heavy atom. The molecule has 4 aromatic rings. The van der Waals surface area contributed by atoms with Crippen molar-refractivity contribution in [3.8, 4) is 11.3 Å². The first kappa shape index (κ1) is 20.0. The molecule has 0 bridgehead atoms. The van der Waals surface area contributed by atoms with Crippen molar-refractivity contribution in [1.82, 2.24) is 25.1 Å². The van der Waals surface area contributed by atoms with E-state index in [1.54, 1.807) is 0 Å². The van der Waals surface area contributed by atoms with Crippen LogP contribution in [-0.2, 0) is 13.0 Å². The van der Waals surface area contributed by atoms with Crippen LogP contribution >= 0.6 is 12.2 Å². The van der Waals surface area contributed by atoms with Crippen molar-refractivity contribution in [3.05, 3.63) is 76.3 Å². The number of aryl methyl sites for hydroxylation is 1. The van der Waals surface area contributed by atoms with Crippen molar-refractivity contribution in [2.45, 2.75) is 26.8 Å².